The summed E-state index contributed by atoms with van der Waals surface area (Å²) >= 11 is 7.34. The van der Waals surface area contributed by atoms with E-state index in [9.17, 15) is 9.59 Å². The molecule has 1 aliphatic carbocycles. The molecule has 3 amide bonds. The minimum atomic E-state index is -0.534. The van der Waals surface area contributed by atoms with E-state index in [0.717, 1.165) is 12.8 Å². The normalized spacial score (nSPS) is 13.3. The number of amides is 3. The second kappa shape index (κ2) is 8.41. The van der Waals surface area contributed by atoms with Crippen LogP contribution in [0.3, 0.4) is 0 Å². The largest absolute Gasteiger partial charge is 0.484 e. The third-order valence-corrected chi connectivity index (χ3v) is 4.91. The standard InChI is InChI=1S/C16H18ClN5O3S/c1-18-15(24)19-14(23)9-26-16-21-20-13(22(16)10-6-7-10)8-25-12-5-3-2-4-11(12)17/h2-5,10H,6-9H2,1H3,(H2,18,19,23,24). The number of halogens is 1. The molecule has 1 fully saturated rings. The number of nitrogens with zero attached hydrogens (tertiary/aromatic N) is 3. The van der Waals surface area contributed by atoms with Crippen molar-refractivity contribution in [2.45, 2.75) is 30.6 Å². The van der Waals surface area contributed by atoms with Crippen LogP contribution in [0.2, 0.25) is 5.02 Å². The van der Waals surface area contributed by atoms with Crippen molar-refractivity contribution in [2.24, 2.45) is 0 Å². The lowest BCUT2D eigenvalue weighted by molar-refractivity contribution is -0.117. The van der Waals surface area contributed by atoms with Crippen molar-refractivity contribution >= 4 is 35.3 Å². The minimum Gasteiger partial charge on any atom is -0.484 e. The van der Waals surface area contributed by atoms with Crippen LogP contribution in [-0.2, 0) is 11.4 Å². The Labute approximate surface area is 159 Å². The van der Waals surface area contributed by atoms with Gasteiger partial charge in [-0.3, -0.25) is 14.7 Å². The molecular formula is C16H18ClN5O3S. The molecule has 3 rings (SSSR count). The van der Waals surface area contributed by atoms with E-state index in [-0.39, 0.29) is 12.4 Å². The molecule has 138 valence electrons. The predicted molar refractivity (Wildman–Crippen MR) is 97.4 cm³/mol. The van der Waals surface area contributed by atoms with Crippen LogP contribution in [0.25, 0.3) is 0 Å². The first-order valence-electron chi connectivity index (χ1n) is 8.04. The van der Waals surface area contributed by atoms with Crippen molar-refractivity contribution < 1.29 is 14.3 Å². The Bertz CT molecular complexity index is 809. The summed E-state index contributed by atoms with van der Waals surface area (Å²) in [5, 5.41) is 14.1. The second-order valence-corrected chi connectivity index (χ2v) is 6.98. The van der Waals surface area contributed by atoms with E-state index < -0.39 is 11.9 Å². The number of benzene rings is 1. The number of ether oxygens (including phenoxy) is 1. The monoisotopic (exact) mass is 395 g/mol. The lowest BCUT2D eigenvalue weighted by Crippen LogP contribution is -2.38. The summed E-state index contributed by atoms with van der Waals surface area (Å²) in [6.07, 6.45) is 2.07. The van der Waals surface area contributed by atoms with Crippen molar-refractivity contribution in [3.63, 3.8) is 0 Å². The van der Waals surface area contributed by atoms with Crippen molar-refractivity contribution in [3.8, 4) is 5.75 Å². The number of aromatic nitrogens is 3. The molecule has 1 aromatic carbocycles. The summed E-state index contributed by atoms with van der Waals surface area (Å²) in [5.41, 5.74) is 0. The van der Waals surface area contributed by atoms with Crippen LogP contribution < -0.4 is 15.4 Å². The number of carbonyl (C=O) groups excluding carboxylic acids is 2. The van der Waals surface area contributed by atoms with Gasteiger partial charge in [0.05, 0.1) is 10.8 Å². The van der Waals surface area contributed by atoms with Crippen LogP contribution in [-0.4, -0.2) is 39.5 Å². The van der Waals surface area contributed by atoms with Gasteiger partial charge in [-0.2, -0.15) is 0 Å². The molecule has 1 aliphatic rings. The number of nitrogens with one attached hydrogen (secondary N) is 2. The molecule has 1 heterocycles. The van der Waals surface area contributed by atoms with Crippen LogP contribution in [0.15, 0.2) is 29.4 Å². The molecule has 0 aliphatic heterocycles. The van der Waals surface area contributed by atoms with Crippen LogP contribution in [0.4, 0.5) is 4.79 Å². The van der Waals surface area contributed by atoms with Gasteiger partial charge in [-0.1, -0.05) is 35.5 Å². The maximum Gasteiger partial charge on any atom is 0.321 e. The smallest absolute Gasteiger partial charge is 0.321 e. The fraction of sp³-hybridized carbons (Fsp3) is 0.375. The predicted octanol–water partition coefficient (Wildman–Crippen LogP) is 2.39. The molecule has 0 unspecified atom stereocenters. The summed E-state index contributed by atoms with van der Waals surface area (Å²) in [7, 11) is 1.45. The third-order valence-electron chi connectivity index (χ3n) is 3.65. The number of carbonyl (C=O) groups is 2. The van der Waals surface area contributed by atoms with Gasteiger partial charge in [0.15, 0.2) is 11.0 Å². The molecule has 2 aromatic rings. The van der Waals surface area contributed by atoms with E-state index in [2.05, 4.69) is 20.8 Å². The minimum absolute atomic E-state index is 0.0731. The van der Waals surface area contributed by atoms with Crippen LogP contribution in [0, 0.1) is 0 Å². The first kappa shape index (κ1) is 18.5. The molecule has 0 saturated heterocycles. The van der Waals surface area contributed by atoms with Crippen LogP contribution in [0.1, 0.15) is 24.7 Å². The molecule has 1 aromatic heterocycles. The average Bonchev–Trinajstić information content (AvgIpc) is 3.39. The van der Waals surface area contributed by atoms with Gasteiger partial charge in [0.1, 0.15) is 12.4 Å². The molecule has 8 nitrogen and oxygen atoms in total. The number of para-hydroxylation sites is 1. The maximum absolute atomic E-state index is 11.7. The quantitative estimate of drug-likeness (QED) is 0.698. The molecule has 0 radical (unpaired) electrons. The number of hydrogen-bond donors (Lipinski definition) is 2. The van der Waals surface area contributed by atoms with Gasteiger partial charge in [0, 0.05) is 13.1 Å². The van der Waals surface area contributed by atoms with E-state index in [1.165, 1.54) is 18.8 Å². The lowest BCUT2D eigenvalue weighted by Gasteiger charge is -2.10. The van der Waals surface area contributed by atoms with Gasteiger partial charge in [-0.25, -0.2) is 4.79 Å². The first-order valence-corrected chi connectivity index (χ1v) is 9.40. The SMILES string of the molecule is CNC(=O)NC(=O)CSc1nnc(COc2ccccc2Cl)n1C1CC1. The van der Waals surface area contributed by atoms with E-state index in [1.54, 1.807) is 12.1 Å². The molecule has 10 heteroatoms. The van der Waals surface area contributed by atoms with Gasteiger partial charge in [-0.05, 0) is 25.0 Å². The van der Waals surface area contributed by atoms with Gasteiger partial charge >= 0.3 is 6.03 Å². The molecule has 1 saturated carbocycles. The van der Waals surface area contributed by atoms with Crippen LogP contribution in [0.5, 0.6) is 5.75 Å². The number of urea groups is 1. The highest BCUT2D eigenvalue weighted by molar-refractivity contribution is 7.99. The van der Waals surface area contributed by atoms with Gasteiger partial charge < -0.3 is 10.1 Å². The Morgan fingerprint density at radius 1 is 1.35 bits per heavy atom. The van der Waals surface area contributed by atoms with E-state index >= 15 is 0 Å². The summed E-state index contributed by atoms with van der Waals surface area (Å²) in [4.78, 5) is 22.9. The Morgan fingerprint density at radius 2 is 2.12 bits per heavy atom. The second-order valence-electron chi connectivity index (χ2n) is 5.64. The lowest BCUT2D eigenvalue weighted by atomic mass is 10.3. The number of hydrogen-bond acceptors (Lipinski definition) is 6. The highest BCUT2D eigenvalue weighted by Crippen LogP contribution is 2.39. The molecule has 26 heavy (non-hydrogen) atoms. The summed E-state index contributed by atoms with van der Waals surface area (Å²) in [5.74, 6) is 0.942. The van der Waals surface area contributed by atoms with Crippen molar-refractivity contribution in [2.75, 3.05) is 12.8 Å². The Balaban J connectivity index is 1.64. The zero-order valence-electron chi connectivity index (χ0n) is 14.1. The summed E-state index contributed by atoms with van der Waals surface area (Å²) in [6, 6.07) is 7.01. The zero-order chi connectivity index (χ0) is 18.5. The highest BCUT2D eigenvalue weighted by atomic mass is 35.5. The Morgan fingerprint density at radius 3 is 2.81 bits per heavy atom. The Hall–Kier alpha value is -2.26. The zero-order valence-corrected chi connectivity index (χ0v) is 15.6. The van der Waals surface area contributed by atoms with Gasteiger partial charge in [0.25, 0.3) is 0 Å². The highest BCUT2D eigenvalue weighted by Gasteiger charge is 2.30. The molecule has 0 atom stereocenters. The molecular weight excluding hydrogens is 378 g/mol. The summed E-state index contributed by atoms with van der Waals surface area (Å²) in [6.45, 7) is 0.234. The number of thioether (sulfide) groups is 1. The Kier molecular flexibility index (Phi) is 6.00. The van der Waals surface area contributed by atoms with Gasteiger partial charge in [-0.15, -0.1) is 10.2 Å². The van der Waals surface area contributed by atoms with Crippen molar-refractivity contribution in [3.05, 3.63) is 35.1 Å². The molecule has 0 bridgehead atoms. The average molecular weight is 396 g/mol. The van der Waals surface area contributed by atoms with E-state index in [4.69, 9.17) is 16.3 Å². The maximum atomic E-state index is 11.7. The number of rotatable bonds is 7. The van der Waals surface area contributed by atoms with Gasteiger partial charge in [0.2, 0.25) is 5.91 Å². The topological polar surface area (TPSA) is 98.1 Å². The van der Waals surface area contributed by atoms with Crippen LogP contribution >= 0.6 is 23.4 Å². The van der Waals surface area contributed by atoms with Crippen molar-refractivity contribution in [1.82, 2.24) is 25.4 Å². The molecule has 2 N–H and O–H groups in total. The molecule has 0 spiro atoms. The number of imide groups is 1. The summed E-state index contributed by atoms with van der Waals surface area (Å²) < 4.78 is 7.75. The van der Waals surface area contributed by atoms with E-state index in [0.29, 0.717) is 27.8 Å². The third kappa shape index (κ3) is 4.67. The van der Waals surface area contributed by atoms with Crippen molar-refractivity contribution in [1.29, 1.82) is 0 Å². The first-order chi connectivity index (χ1) is 12.6. The van der Waals surface area contributed by atoms with E-state index in [1.807, 2.05) is 16.7 Å². The fourth-order valence-corrected chi connectivity index (χ4v) is 3.28. The fourth-order valence-electron chi connectivity index (χ4n) is 2.26.